The van der Waals surface area contributed by atoms with Crippen LogP contribution < -0.4 is 0 Å². The minimum atomic E-state index is -0.977. The van der Waals surface area contributed by atoms with Gasteiger partial charge >= 0.3 is 5.97 Å². The first-order valence-electron chi connectivity index (χ1n) is 23.3. The van der Waals surface area contributed by atoms with Crippen LogP contribution in [0.2, 0.25) is 0 Å². The summed E-state index contributed by atoms with van der Waals surface area (Å²) in [5.74, 6) is -0.345. The zero-order chi connectivity index (χ0) is 43.3. The lowest BCUT2D eigenvalue weighted by atomic mass is 9.97. The lowest BCUT2D eigenvalue weighted by Crippen LogP contribution is -2.62. The average molecular weight is 853 g/mol. The Morgan fingerprint density at radius 1 is 0.532 bits per heavy atom. The second-order valence-corrected chi connectivity index (χ2v) is 16.4. The number of carbonyl (C=O) groups excluding carboxylic acids is 1. The number of benzene rings is 4. The molecule has 9 heteroatoms. The molecule has 1 fully saturated rings. The van der Waals surface area contributed by atoms with Crippen LogP contribution in [0.5, 0.6) is 0 Å². The fourth-order valence-corrected chi connectivity index (χ4v) is 7.74. The van der Waals surface area contributed by atoms with Gasteiger partial charge in [-0.2, -0.15) is 0 Å². The summed E-state index contributed by atoms with van der Waals surface area (Å²) < 4.78 is 45.5. The number of esters is 1. The van der Waals surface area contributed by atoms with E-state index in [1.165, 1.54) is 64.2 Å². The van der Waals surface area contributed by atoms with Crippen molar-refractivity contribution in [3.8, 4) is 0 Å². The van der Waals surface area contributed by atoms with Gasteiger partial charge < -0.3 is 38.3 Å². The van der Waals surface area contributed by atoms with Gasteiger partial charge in [-0.3, -0.25) is 4.79 Å². The summed E-state index contributed by atoms with van der Waals surface area (Å²) in [7, 11) is 0. The van der Waals surface area contributed by atoms with E-state index in [1.807, 2.05) is 121 Å². The molecule has 1 aliphatic rings. The van der Waals surface area contributed by atoms with E-state index < -0.39 is 43.4 Å². The minimum absolute atomic E-state index is 0.102. The fraction of sp³-hybridized carbons (Fsp3) is 0.528. The molecule has 0 saturated carbocycles. The molecule has 9 nitrogen and oxygen atoms in total. The Morgan fingerprint density at radius 3 is 1.42 bits per heavy atom. The van der Waals surface area contributed by atoms with Crippen LogP contribution in [-0.2, 0) is 64.4 Å². The zero-order valence-corrected chi connectivity index (χ0v) is 37.1. The summed E-state index contributed by atoms with van der Waals surface area (Å²) in [6.07, 6.45) is 11.7. The fourth-order valence-electron chi connectivity index (χ4n) is 7.74. The molecule has 6 atom stereocenters. The van der Waals surface area contributed by atoms with E-state index in [4.69, 9.17) is 33.2 Å². The quantitative estimate of drug-likeness (QED) is 0.0380. The average Bonchev–Trinajstić information content (AvgIpc) is 3.31. The topological polar surface area (TPSA) is 102 Å². The molecule has 6 unspecified atom stereocenters. The number of ether oxygens (including phenoxy) is 7. The number of hydrogen-bond acceptors (Lipinski definition) is 9. The number of carbonyl (C=O) groups is 1. The smallest absolute Gasteiger partial charge is 0.306 e. The van der Waals surface area contributed by atoms with Gasteiger partial charge in [0.2, 0.25) is 0 Å². The van der Waals surface area contributed by atoms with E-state index in [0.29, 0.717) is 26.2 Å². The molecule has 0 bridgehead atoms. The lowest BCUT2D eigenvalue weighted by molar-refractivity contribution is -0.331. The molecule has 4 aromatic carbocycles. The minimum Gasteiger partial charge on any atom is -0.457 e. The van der Waals surface area contributed by atoms with Crippen molar-refractivity contribution in [3.63, 3.8) is 0 Å². The standard InChI is InChI=1S/C53H72O9/c1-2-3-4-5-6-7-8-9-10-11-12-13-26-35-49(55)61-47(36-54)41-60-53-52(59-40-46-33-24-17-25-34-46)51(58-39-45-31-22-16-23-32-45)50(57-38-44-29-20-15-21-30-44)48(62-53)42-56-37-43-27-18-14-19-28-43/h14-25,27-34,47-48,50-54H,2-13,26,35-42H2,1H3. The number of aliphatic hydroxyl groups is 1. The highest BCUT2D eigenvalue weighted by Gasteiger charge is 2.49. The van der Waals surface area contributed by atoms with Gasteiger partial charge in [0.25, 0.3) is 0 Å². The molecule has 0 aromatic heterocycles. The number of aliphatic hydroxyl groups excluding tert-OH is 1. The highest BCUT2D eigenvalue weighted by atomic mass is 16.7. The van der Waals surface area contributed by atoms with Crippen LogP contribution >= 0.6 is 0 Å². The van der Waals surface area contributed by atoms with Gasteiger partial charge in [0.05, 0.1) is 46.2 Å². The first-order valence-corrected chi connectivity index (χ1v) is 23.3. The van der Waals surface area contributed by atoms with Crippen molar-refractivity contribution in [2.45, 2.75) is 160 Å². The molecular formula is C53H72O9. The van der Waals surface area contributed by atoms with Crippen molar-refractivity contribution in [3.05, 3.63) is 144 Å². The molecule has 62 heavy (non-hydrogen) atoms. The van der Waals surface area contributed by atoms with Crippen LogP contribution in [-0.4, -0.2) is 67.7 Å². The van der Waals surface area contributed by atoms with Gasteiger partial charge in [-0.25, -0.2) is 0 Å². The van der Waals surface area contributed by atoms with Crippen LogP contribution in [0.3, 0.4) is 0 Å². The van der Waals surface area contributed by atoms with Crippen LogP contribution in [0.4, 0.5) is 0 Å². The lowest BCUT2D eigenvalue weighted by Gasteiger charge is -2.46. The van der Waals surface area contributed by atoms with E-state index in [9.17, 15) is 9.90 Å². The van der Waals surface area contributed by atoms with Crippen molar-refractivity contribution in [1.29, 1.82) is 0 Å². The summed E-state index contributed by atoms with van der Waals surface area (Å²) in [4.78, 5) is 13.0. The van der Waals surface area contributed by atoms with Crippen molar-refractivity contribution in [1.82, 2.24) is 0 Å². The molecule has 1 aliphatic heterocycles. The van der Waals surface area contributed by atoms with E-state index in [0.717, 1.165) is 41.5 Å². The van der Waals surface area contributed by atoms with Crippen LogP contribution in [0, 0.1) is 0 Å². The molecule has 4 aromatic rings. The molecule has 1 saturated heterocycles. The first-order chi connectivity index (χ1) is 30.6. The third kappa shape index (κ3) is 18.8. The van der Waals surface area contributed by atoms with Crippen molar-refractivity contribution in [2.24, 2.45) is 0 Å². The van der Waals surface area contributed by atoms with Gasteiger partial charge in [0.15, 0.2) is 6.29 Å². The van der Waals surface area contributed by atoms with Gasteiger partial charge in [-0.1, -0.05) is 205 Å². The highest BCUT2D eigenvalue weighted by Crippen LogP contribution is 2.32. The van der Waals surface area contributed by atoms with Crippen LogP contribution in [0.25, 0.3) is 0 Å². The van der Waals surface area contributed by atoms with Crippen molar-refractivity contribution >= 4 is 5.97 Å². The second-order valence-electron chi connectivity index (χ2n) is 16.4. The van der Waals surface area contributed by atoms with Crippen LogP contribution in [0.1, 0.15) is 119 Å². The molecule has 0 aliphatic carbocycles. The number of rotatable bonds is 32. The Morgan fingerprint density at radius 2 is 0.952 bits per heavy atom. The Balaban J connectivity index is 1.23. The highest BCUT2D eigenvalue weighted by molar-refractivity contribution is 5.69. The van der Waals surface area contributed by atoms with Crippen molar-refractivity contribution < 1.29 is 43.1 Å². The predicted octanol–water partition coefficient (Wildman–Crippen LogP) is 11.1. The Hall–Kier alpha value is -3.93. The Bertz CT molecular complexity index is 1690. The molecule has 0 radical (unpaired) electrons. The van der Waals surface area contributed by atoms with Gasteiger partial charge in [0.1, 0.15) is 30.5 Å². The molecule has 1 N–H and O–H groups in total. The number of hydrogen-bond donors (Lipinski definition) is 1. The maximum absolute atomic E-state index is 13.0. The maximum Gasteiger partial charge on any atom is 0.306 e. The summed E-state index contributed by atoms with van der Waals surface area (Å²) in [6, 6.07) is 39.9. The Labute approximate surface area is 371 Å². The predicted molar refractivity (Wildman–Crippen MR) is 243 cm³/mol. The zero-order valence-electron chi connectivity index (χ0n) is 37.1. The third-order valence-electron chi connectivity index (χ3n) is 11.3. The van der Waals surface area contributed by atoms with Gasteiger partial charge in [-0.05, 0) is 28.7 Å². The maximum atomic E-state index is 13.0. The summed E-state index contributed by atoms with van der Waals surface area (Å²) in [6.45, 7) is 3.19. The Kier molecular flexibility index (Phi) is 23.9. The van der Waals surface area contributed by atoms with Gasteiger partial charge in [-0.15, -0.1) is 0 Å². The largest absolute Gasteiger partial charge is 0.457 e. The van der Waals surface area contributed by atoms with Crippen LogP contribution in [0.15, 0.2) is 121 Å². The molecule has 5 rings (SSSR count). The van der Waals surface area contributed by atoms with E-state index in [1.54, 1.807) is 0 Å². The molecule has 338 valence electrons. The monoisotopic (exact) mass is 853 g/mol. The molecule has 0 amide bonds. The first kappa shape index (κ1) is 49.1. The third-order valence-corrected chi connectivity index (χ3v) is 11.3. The summed E-state index contributed by atoms with van der Waals surface area (Å²) in [5.41, 5.74) is 4.00. The molecular weight excluding hydrogens is 781 g/mol. The molecule has 1 heterocycles. The molecule has 0 spiro atoms. The summed E-state index contributed by atoms with van der Waals surface area (Å²) in [5, 5.41) is 10.4. The van der Waals surface area contributed by atoms with Gasteiger partial charge in [0, 0.05) is 6.42 Å². The van der Waals surface area contributed by atoms with E-state index in [2.05, 4.69) is 6.92 Å². The van der Waals surface area contributed by atoms with E-state index >= 15 is 0 Å². The number of unbranched alkanes of at least 4 members (excludes halogenated alkanes) is 12. The SMILES string of the molecule is CCCCCCCCCCCCCCCC(=O)OC(CO)COC1OC(COCc2ccccc2)C(OCc2ccccc2)C(OCc2ccccc2)C1OCc1ccccc1. The normalized spacial score (nSPS) is 19.3. The van der Waals surface area contributed by atoms with Crippen molar-refractivity contribution in [2.75, 3.05) is 19.8 Å². The van der Waals surface area contributed by atoms with E-state index in [-0.39, 0.29) is 25.8 Å². The second kappa shape index (κ2) is 30.2. The summed E-state index contributed by atoms with van der Waals surface area (Å²) >= 11 is 0.